The molecule has 2 aromatic heterocycles. The van der Waals surface area contributed by atoms with Crippen molar-refractivity contribution in [1.82, 2.24) is 9.97 Å². The molecule has 2 nitrogen and oxygen atoms in total. The Hall–Kier alpha value is -1.29. The van der Waals surface area contributed by atoms with Crippen molar-refractivity contribution in [3.05, 3.63) is 35.4 Å². The van der Waals surface area contributed by atoms with Gasteiger partial charge in [-0.25, -0.2) is 9.37 Å². The Balaban J connectivity index is 2.46. The number of hydrogen-bond acceptors (Lipinski definition) is 3. The van der Waals surface area contributed by atoms with Gasteiger partial charge >= 0.3 is 0 Å². The molecule has 0 unspecified atom stereocenters. The van der Waals surface area contributed by atoms with Crippen LogP contribution in [0.1, 0.15) is 5.69 Å². The molecule has 0 atom stereocenters. The Morgan fingerprint density at radius 1 is 1.46 bits per heavy atom. The number of aromatic nitrogens is 2. The Labute approximate surface area is 79.1 Å². The third-order valence-electron chi connectivity index (χ3n) is 1.52. The van der Waals surface area contributed by atoms with Crippen molar-refractivity contribution in [2.75, 3.05) is 0 Å². The molecule has 0 aliphatic rings. The molecule has 0 aliphatic carbocycles. The largest absolute Gasteiger partial charge is 0.261 e. The van der Waals surface area contributed by atoms with Crippen molar-refractivity contribution in [3.63, 3.8) is 0 Å². The van der Waals surface area contributed by atoms with Crippen molar-refractivity contribution < 1.29 is 4.39 Å². The second kappa shape index (κ2) is 3.22. The minimum Gasteiger partial charge on any atom is -0.261 e. The van der Waals surface area contributed by atoms with Crippen LogP contribution < -0.4 is 0 Å². The highest BCUT2D eigenvalue weighted by Crippen LogP contribution is 2.22. The van der Waals surface area contributed by atoms with E-state index in [9.17, 15) is 4.39 Å². The second-order valence-electron chi connectivity index (χ2n) is 2.60. The Bertz CT molecular complexity index is 425. The summed E-state index contributed by atoms with van der Waals surface area (Å²) in [6.45, 7) is 1.85. The smallest absolute Gasteiger partial charge is 0.142 e. The van der Waals surface area contributed by atoms with Crippen molar-refractivity contribution >= 4 is 11.3 Å². The monoisotopic (exact) mass is 193 g/mol. The zero-order chi connectivity index (χ0) is 9.26. The molecule has 0 saturated carbocycles. The summed E-state index contributed by atoms with van der Waals surface area (Å²) in [6.07, 6.45) is 2.77. The maximum atomic E-state index is 12.8. The van der Waals surface area contributed by atoms with Gasteiger partial charge in [-0.2, -0.15) is 0 Å². The van der Waals surface area contributed by atoms with Gasteiger partial charge in [0, 0.05) is 11.8 Å². The van der Waals surface area contributed by atoms with Gasteiger partial charge in [-0.3, -0.25) is 4.98 Å². The number of halogens is 1. The number of thiazole rings is 1. The van der Waals surface area contributed by atoms with Crippen molar-refractivity contribution in [2.24, 2.45) is 0 Å². The fourth-order valence-corrected chi connectivity index (χ4v) is 1.67. The Morgan fingerprint density at radius 2 is 2.31 bits per heavy atom. The molecule has 2 aromatic rings. The van der Waals surface area contributed by atoms with Gasteiger partial charge in [0.15, 0.2) is 0 Å². The molecular formula is C9H6FN2S. The lowest BCUT2D eigenvalue weighted by Gasteiger charge is -1.93. The highest BCUT2D eigenvalue weighted by molar-refractivity contribution is 7.12. The fourth-order valence-electron chi connectivity index (χ4n) is 0.972. The zero-order valence-corrected chi connectivity index (χ0v) is 7.73. The molecule has 0 fully saturated rings. The van der Waals surface area contributed by atoms with Gasteiger partial charge in [0.05, 0.1) is 17.3 Å². The summed E-state index contributed by atoms with van der Waals surface area (Å²) in [5, 5.41) is 3.72. The molecule has 0 amide bonds. The SMILES string of the molecule is Cc1[c]sc(-c2cncc(F)c2)n1. The highest BCUT2D eigenvalue weighted by Gasteiger charge is 2.03. The first-order valence-corrected chi connectivity index (χ1v) is 4.53. The molecule has 0 aromatic carbocycles. The maximum Gasteiger partial charge on any atom is 0.142 e. The first-order chi connectivity index (χ1) is 6.25. The topological polar surface area (TPSA) is 25.8 Å². The fraction of sp³-hybridized carbons (Fsp3) is 0.111. The summed E-state index contributed by atoms with van der Waals surface area (Å²) in [4.78, 5) is 7.93. The summed E-state index contributed by atoms with van der Waals surface area (Å²) in [6, 6.07) is 1.42. The van der Waals surface area contributed by atoms with Crippen LogP contribution in [0.2, 0.25) is 0 Å². The van der Waals surface area contributed by atoms with Crippen LogP contribution in [-0.4, -0.2) is 9.97 Å². The van der Waals surface area contributed by atoms with E-state index in [1.54, 1.807) is 6.20 Å². The third kappa shape index (κ3) is 1.72. The van der Waals surface area contributed by atoms with Gasteiger partial charge < -0.3 is 0 Å². The van der Waals surface area contributed by atoms with E-state index in [4.69, 9.17) is 0 Å². The van der Waals surface area contributed by atoms with Crippen LogP contribution in [0.25, 0.3) is 10.6 Å². The molecule has 65 valence electrons. The molecular weight excluding hydrogens is 187 g/mol. The number of pyridine rings is 1. The predicted octanol–water partition coefficient (Wildman–Crippen LogP) is 2.45. The van der Waals surface area contributed by atoms with E-state index in [-0.39, 0.29) is 5.82 Å². The zero-order valence-electron chi connectivity index (χ0n) is 6.91. The lowest BCUT2D eigenvalue weighted by molar-refractivity contribution is 0.622. The number of hydrogen-bond donors (Lipinski definition) is 0. The van der Waals surface area contributed by atoms with E-state index < -0.39 is 0 Å². The Kier molecular flexibility index (Phi) is 2.06. The molecule has 0 N–H and O–H groups in total. The standard InChI is InChI=1S/C9H6FN2S/c1-6-5-13-9(12-6)7-2-8(10)4-11-3-7/h2-4H,1H3. The summed E-state index contributed by atoms with van der Waals surface area (Å²) in [5.74, 6) is -0.342. The average molecular weight is 193 g/mol. The number of aryl methyl sites for hydroxylation is 1. The third-order valence-corrected chi connectivity index (χ3v) is 2.43. The van der Waals surface area contributed by atoms with Gasteiger partial charge in [-0.05, 0) is 13.0 Å². The molecule has 2 rings (SSSR count). The van der Waals surface area contributed by atoms with E-state index in [0.717, 1.165) is 10.7 Å². The van der Waals surface area contributed by atoms with Crippen molar-refractivity contribution in [2.45, 2.75) is 6.92 Å². The summed E-state index contributed by atoms with van der Waals surface area (Å²) >= 11 is 1.37. The van der Waals surface area contributed by atoms with Crippen LogP contribution in [0.15, 0.2) is 18.5 Å². The van der Waals surface area contributed by atoms with Gasteiger partial charge in [0.2, 0.25) is 0 Å². The summed E-state index contributed by atoms with van der Waals surface area (Å²) in [5.41, 5.74) is 1.53. The van der Waals surface area contributed by atoms with Crippen molar-refractivity contribution in [1.29, 1.82) is 0 Å². The molecule has 0 aliphatic heterocycles. The van der Waals surface area contributed by atoms with E-state index in [2.05, 4.69) is 15.3 Å². The van der Waals surface area contributed by atoms with Crippen LogP contribution in [0.5, 0.6) is 0 Å². The lowest BCUT2D eigenvalue weighted by atomic mass is 10.3. The first-order valence-electron chi connectivity index (χ1n) is 3.72. The molecule has 2 heterocycles. The molecule has 1 radical (unpaired) electrons. The van der Waals surface area contributed by atoms with E-state index >= 15 is 0 Å². The van der Waals surface area contributed by atoms with Crippen molar-refractivity contribution in [3.8, 4) is 10.6 Å². The van der Waals surface area contributed by atoms with Gasteiger partial charge in [-0.1, -0.05) is 0 Å². The van der Waals surface area contributed by atoms with Gasteiger partial charge in [0.25, 0.3) is 0 Å². The molecule has 13 heavy (non-hydrogen) atoms. The van der Waals surface area contributed by atoms with E-state index in [1.807, 2.05) is 6.92 Å². The normalized spacial score (nSPS) is 10.3. The van der Waals surface area contributed by atoms with Gasteiger partial charge in [-0.15, -0.1) is 11.3 Å². The minimum atomic E-state index is -0.342. The first kappa shape index (κ1) is 8.31. The minimum absolute atomic E-state index is 0.342. The summed E-state index contributed by atoms with van der Waals surface area (Å²) in [7, 11) is 0. The maximum absolute atomic E-state index is 12.8. The second-order valence-corrected chi connectivity index (χ2v) is 3.39. The van der Waals surface area contributed by atoms with E-state index in [0.29, 0.717) is 5.56 Å². The van der Waals surface area contributed by atoms with Crippen LogP contribution in [-0.2, 0) is 0 Å². The average Bonchev–Trinajstić information content (AvgIpc) is 2.52. The molecule has 0 bridgehead atoms. The number of nitrogens with zero attached hydrogens (tertiary/aromatic N) is 2. The van der Waals surface area contributed by atoms with Crippen LogP contribution in [0.4, 0.5) is 4.39 Å². The quantitative estimate of drug-likeness (QED) is 0.695. The highest BCUT2D eigenvalue weighted by atomic mass is 32.1. The van der Waals surface area contributed by atoms with Crippen LogP contribution in [0.3, 0.4) is 0 Å². The number of rotatable bonds is 1. The predicted molar refractivity (Wildman–Crippen MR) is 48.9 cm³/mol. The lowest BCUT2D eigenvalue weighted by Crippen LogP contribution is -1.82. The summed E-state index contributed by atoms with van der Waals surface area (Å²) < 4.78 is 12.8. The molecule has 0 spiro atoms. The van der Waals surface area contributed by atoms with Gasteiger partial charge in [0.1, 0.15) is 10.8 Å². The van der Waals surface area contributed by atoms with Crippen LogP contribution in [0, 0.1) is 18.1 Å². The molecule has 4 heteroatoms. The van der Waals surface area contributed by atoms with Crippen LogP contribution >= 0.6 is 11.3 Å². The van der Waals surface area contributed by atoms with E-state index in [1.165, 1.54) is 23.6 Å². The molecule has 0 saturated heterocycles. The Morgan fingerprint density at radius 3 is 2.92 bits per heavy atom.